The van der Waals surface area contributed by atoms with Gasteiger partial charge in [0.1, 0.15) is 0 Å². The number of rotatable bonds is 4. The van der Waals surface area contributed by atoms with Crippen LogP contribution in [0.3, 0.4) is 0 Å². The zero-order chi connectivity index (χ0) is 12.3. The van der Waals surface area contributed by atoms with Crippen molar-refractivity contribution in [3.8, 4) is 5.75 Å². The standard InChI is InChI=1S/C11H14BrNO3/c1-7(2)6-16-10-5-4-9(12)8(3)11(10)13(14)15/h4-5,7H,6H2,1-3H3. The van der Waals surface area contributed by atoms with Crippen LogP contribution in [0.15, 0.2) is 16.6 Å². The van der Waals surface area contributed by atoms with Crippen LogP contribution in [-0.2, 0) is 0 Å². The van der Waals surface area contributed by atoms with Gasteiger partial charge in [0.05, 0.1) is 11.5 Å². The monoisotopic (exact) mass is 287 g/mol. The van der Waals surface area contributed by atoms with Crippen LogP contribution in [0.5, 0.6) is 5.75 Å². The summed E-state index contributed by atoms with van der Waals surface area (Å²) in [5.41, 5.74) is 0.626. The highest BCUT2D eigenvalue weighted by Gasteiger charge is 2.20. The van der Waals surface area contributed by atoms with E-state index in [0.29, 0.717) is 23.8 Å². The van der Waals surface area contributed by atoms with Crippen LogP contribution in [0.2, 0.25) is 0 Å². The Hall–Kier alpha value is -1.10. The van der Waals surface area contributed by atoms with E-state index in [1.165, 1.54) is 0 Å². The van der Waals surface area contributed by atoms with Gasteiger partial charge in [-0.1, -0.05) is 29.8 Å². The molecule has 0 aliphatic carbocycles. The van der Waals surface area contributed by atoms with Gasteiger partial charge in [-0.2, -0.15) is 0 Å². The Morgan fingerprint density at radius 2 is 2.12 bits per heavy atom. The van der Waals surface area contributed by atoms with Crippen molar-refractivity contribution in [3.63, 3.8) is 0 Å². The molecule has 1 aromatic carbocycles. The Bertz CT molecular complexity index is 404. The minimum atomic E-state index is -0.407. The molecule has 5 heteroatoms. The van der Waals surface area contributed by atoms with Crippen LogP contribution < -0.4 is 4.74 Å². The zero-order valence-corrected chi connectivity index (χ0v) is 11.1. The van der Waals surface area contributed by atoms with Crippen LogP contribution in [-0.4, -0.2) is 11.5 Å². The maximum absolute atomic E-state index is 10.9. The smallest absolute Gasteiger partial charge is 0.314 e. The van der Waals surface area contributed by atoms with E-state index in [1.807, 2.05) is 13.8 Å². The van der Waals surface area contributed by atoms with Gasteiger partial charge in [-0.05, 0) is 25.0 Å². The summed E-state index contributed by atoms with van der Waals surface area (Å²) in [6, 6.07) is 3.38. The highest BCUT2D eigenvalue weighted by atomic mass is 79.9. The van der Waals surface area contributed by atoms with Crippen LogP contribution >= 0.6 is 15.9 Å². The number of nitro groups is 1. The summed E-state index contributed by atoms with van der Waals surface area (Å²) in [7, 11) is 0. The van der Waals surface area contributed by atoms with Crippen molar-refractivity contribution in [2.45, 2.75) is 20.8 Å². The molecule has 1 rings (SSSR count). The summed E-state index contributed by atoms with van der Waals surface area (Å²) < 4.78 is 6.15. The molecule has 0 spiro atoms. The fraction of sp³-hybridized carbons (Fsp3) is 0.455. The molecule has 0 saturated heterocycles. The molecule has 0 N–H and O–H groups in total. The highest BCUT2D eigenvalue weighted by molar-refractivity contribution is 9.10. The van der Waals surface area contributed by atoms with Gasteiger partial charge in [-0.3, -0.25) is 10.1 Å². The second-order valence-corrected chi connectivity index (χ2v) is 4.84. The van der Waals surface area contributed by atoms with Crippen molar-refractivity contribution < 1.29 is 9.66 Å². The maximum Gasteiger partial charge on any atom is 0.314 e. The average Bonchev–Trinajstić information content (AvgIpc) is 2.19. The average molecular weight is 288 g/mol. The normalized spacial score (nSPS) is 10.6. The molecule has 0 unspecified atom stereocenters. The van der Waals surface area contributed by atoms with Crippen molar-refractivity contribution >= 4 is 21.6 Å². The summed E-state index contributed by atoms with van der Waals surface area (Å²) in [5, 5.41) is 10.9. The first kappa shape index (κ1) is 13.0. The minimum Gasteiger partial charge on any atom is -0.487 e. The molecule has 0 fully saturated rings. The van der Waals surface area contributed by atoms with E-state index in [4.69, 9.17) is 4.74 Å². The predicted molar refractivity (Wildman–Crippen MR) is 65.9 cm³/mol. The van der Waals surface area contributed by atoms with Gasteiger partial charge in [0, 0.05) is 10.0 Å². The summed E-state index contributed by atoms with van der Waals surface area (Å²) in [4.78, 5) is 10.5. The Morgan fingerprint density at radius 3 is 2.62 bits per heavy atom. The van der Waals surface area contributed by atoms with Crippen molar-refractivity contribution in [1.82, 2.24) is 0 Å². The molecule has 16 heavy (non-hydrogen) atoms. The lowest BCUT2D eigenvalue weighted by Gasteiger charge is -2.10. The first-order chi connectivity index (χ1) is 7.43. The minimum absolute atomic E-state index is 0.0371. The lowest BCUT2D eigenvalue weighted by Crippen LogP contribution is -2.07. The largest absolute Gasteiger partial charge is 0.487 e. The van der Waals surface area contributed by atoms with Gasteiger partial charge in [0.2, 0.25) is 0 Å². The molecule has 0 aliphatic heterocycles. The second-order valence-electron chi connectivity index (χ2n) is 3.98. The molecule has 88 valence electrons. The van der Waals surface area contributed by atoms with Gasteiger partial charge in [0.15, 0.2) is 5.75 Å². The van der Waals surface area contributed by atoms with E-state index in [2.05, 4.69) is 15.9 Å². The van der Waals surface area contributed by atoms with Gasteiger partial charge in [-0.25, -0.2) is 0 Å². The van der Waals surface area contributed by atoms with Crippen molar-refractivity contribution in [2.75, 3.05) is 6.61 Å². The molecular weight excluding hydrogens is 274 g/mol. The molecule has 0 bridgehead atoms. The predicted octanol–water partition coefficient (Wildman–Crippen LogP) is 3.70. The number of hydrogen-bond donors (Lipinski definition) is 0. The van der Waals surface area contributed by atoms with Crippen LogP contribution in [0.4, 0.5) is 5.69 Å². The van der Waals surface area contributed by atoms with E-state index < -0.39 is 4.92 Å². The Kier molecular flexibility index (Phi) is 4.29. The quantitative estimate of drug-likeness (QED) is 0.627. The van der Waals surface area contributed by atoms with Crippen molar-refractivity contribution in [3.05, 3.63) is 32.3 Å². The number of nitrogens with zero attached hydrogens (tertiary/aromatic N) is 1. The van der Waals surface area contributed by atoms with E-state index in [0.717, 1.165) is 4.47 Å². The van der Waals surface area contributed by atoms with Crippen LogP contribution in [0.1, 0.15) is 19.4 Å². The first-order valence-corrected chi connectivity index (χ1v) is 5.79. The topological polar surface area (TPSA) is 52.4 Å². The molecular formula is C11H14BrNO3. The van der Waals surface area contributed by atoms with Crippen LogP contribution in [0.25, 0.3) is 0 Å². The third kappa shape index (κ3) is 2.95. The van der Waals surface area contributed by atoms with Gasteiger partial charge < -0.3 is 4.74 Å². The van der Waals surface area contributed by atoms with Crippen LogP contribution in [0, 0.1) is 23.0 Å². The molecule has 0 amide bonds. The molecule has 0 aliphatic rings. The maximum atomic E-state index is 10.9. The number of nitro benzene ring substituents is 1. The summed E-state index contributed by atoms with van der Waals surface area (Å²) in [6.07, 6.45) is 0. The van der Waals surface area contributed by atoms with Crippen molar-refractivity contribution in [1.29, 1.82) is 0 Å². The fourth-order valence-electron chi connectivity index (χ4n) is 1.25. The van der Waals surface area contributed by atoms with Gasteiger partial charge >= 0.3 is 5.69 Å². The number of halogens is 1. The first-order valence-electron chi connectivity index (χ1n) is 4.99. The number of ether oxygens (including phenoxy) is 1. The SMILES string of the molecule is Cc1c(Br)ccc(OCC(C)C)c1[N+](=O)[O-]. The molecule has 0 atom stereocenters. The van der Waals surface area contributed by atoms with Gasteiger partial charge in [0.25, 0.3) is 0 Å². The molecule has 0 aromatic heterocycles. The third-order valence-corrected chi connectivity index (χ3v) is 2.94. The fourth-order valence-corrected chi connectivity index (χ4v) is 1.57. The number of hydrogen-bond acceptors (Lipinski definition) is 3. The Labute approximate surface area is 103 Å². The molecule has 4 nitrogen and oxygen atoms in total. The van der Waals surface area contributed by atoms with E-state index in [-0.39, 0.29) is 5.69 Å². The van der Waals surface area contributed by atoms with E-state index in [1.54, 1.807) is 19.1 Å². The molecule has 0 radical (unpaired) electrons. The lowest BCUT2D eigenvalue weighted by molar-refractivity contribution is -0.386. The Balaban J connectivity index is 3.08. The Morgan fingerprint density at radius 1 is 1.50 bits per heavy atom. The summed E-state index contributed by atoms with van der Waals surface area (Å²) >= 11 is 3.27. The third-order valence-electron chi connectivity index (χ3n) is 2.08. The molecule has 1 aromatic rings. The molecule has 0 saturated carbocycles. The lowest BCUT2D eigenvalue weighted by atomic mass is 10.2. The van der Waals surface area contributed by atoms with E-state index in [9.17, 15) is 10.1 Å². The van der Waals surface area contributed by atoms with Gasteiger partial charge in [-0.15, -0.1) is 0 Å². The second kappa shape index (κ2) is 5.30. The van der Waals surface area contributed by atoms with Crippen molar-refractivity contribution in [2.24, 2.45) is 5.92 Å². The summed E-state index contributed by atoms with van der Waals surface area (Å²) in [5.74, 6) is 0.669. The summed E-state index contributed by atoms with van der Waals surface area (Å²) in [6.45, 7) is 6.17. The molecule has 0 heterocycles. The van der Waals surface area contributed by atoms with E-state index >= 15 is 0 Å². The number of benzene rings is 1. The highest BCUT2D eigenvalue weighted by Crippen LogP contribution is 2.35. The zero-order valence-electron chi connectivity index (χ0n) is 9.49.